The predicted molar refractivity (Wildman–Crippen MR) is 69.0 cm³/mol. The van der Waals surface area contributed by atoms with Gasteiger partial charge in [0, 0.05) is 25.6 Å². The largest absolute Gasteiger partial charge is 0.454 e. The summed E-state index contributed by atoms with van der Waals surface area (Å²) in [6.07, 6.45) is 0.324. The minimum absolute atomic E-state index is 0.00744. The van der Waals surface area contributed by atoms with Gasteiger partial charge < -0.3 is 20.1 Å². The van der Waals surface area contributed by atoms with Gasteiger partial charge in [-0.15, -0.1) is 0 Å². The molecular weight excluding hydrogens is 232 g/mol. The lowest BCUT2D eigenvalue weighted by atomic mass is 10.1. The van der Waals surface area contributed by atoms with Crippen molar-refractivity contribution in [2.75, 3.05) is 18.7 Å². The molecule has 0 bridgehead atoms. The van der Waals surface area contributed by atoms with Crippen LogP contribution < -0.4 is 20.1 Å². The molecule has 0 radical (unpaired) electrons. The summed E-state index contributed by atoms with van der Waals surface area (Å²) < 4.78 is 10.6. The van der Waals surface area contributed by atoms with Crippen molar-refractivity contribution in [3.63, 3.8) is 0 Å². The summed E-state index contributed by atoms with van der Waals surface area (Å²) in [7, 11) is 1.75. The van der Waals surface area contributed by atoms with Gasteiger partial charge in [-0.25, -0.2) is 0 Å². The standard InChI is InChI=1S/C13H18N2O3/c1-8-4-11-12(18-7-17-11)6-10(8)15(3)13(16)5-9(2)14/h4,6,9H,5,7,14H2,1-3H3. The first-order chi connectivity index (χ1) is 8.49. The van der Waals surface area contributed by atoms with E-state index < -0.39 is 0 Å². The molecule has 1 aliphatic rings. The Morgan fingerprint density at radius 1 is 1.44 bits per heavy atom. The van der Waals surface area contributed by atoms with Gasteiger partial charge in [0.25, 0.3) is 0 Å². The lowest BCUT2D eigenvalue weighted by Crippen LogP contribution is -2.32. The summed E-state index contributed by atoms with van der Waals surface area (Å²) in [6, 6.07) is 3.57. The van der Waals surface area contributed by atoms with Gasteiger partial charge in [-0.1, -0.05) is 0 Å². The molecule has 5 nitrogen and oxygen atoms in total. The zero-order valence-corrected chi connectivity index (χ0v) is 10.9. The van der Waals surface area contributed by atoms with Crippen LogP contribution in [-0.2, 0) is 4.79 Å². The summed E-state index contributed by atoms with van der Waals surface area (Å²) in [5.41, 5.74) is 7.44. The number of aryl methyl sites for hydroxylation is 1. The van der Waals surface area contributed by atoms with E-state index in [0.717, 1.165) is 17.0 Å². The van der Waals surface area contributed by atoms with E-state index >= 15 is 0 Å². The molecule has 0 spiro atoms. The fourth-order valence-corrected chi connectivity index (χ4v) is 1.94. The fourth-order valence-electron chi connectivity index (χ4n) is 1.94. The molecule has 0 fully saturated rings. The molecule has 2 rings (SSSR count). The third-order valence-electron chi connectivity index (χ3n) is 2.92. The van der Waals surface area contributed by atoms with E-state index in [9.17, 15) is 4.79 Å². The number of rotatable bonds is 3. The van der Waals surface area contributed by atoms with Crippen LogP contribution in [0.15, 0.2) is 12.1 Å². The number of nitrogens with zero attached hydrogens (tertiary/aromatic N) is 1. The molecule has 0 aliphatic carbocycles. The zero-order valence-electron chi connectivity index (χ0n) is 10.9. The van der Waals surface area contributed by atoms with Crippen LogP contribution >= 0.6 is 0 Å². The van der Waals surface area contributed by atoms with Crippen LogP contribution in [0.3, 0.4) is 0 Å². The quantitative estimate of drug-likeness (QED) is 0.881. The number of anilines is 1. The molecule has 1 amide bonds. The smallest absolute Gasteiger partial charge is 0.231 e. The molecule has 1 atom stereocenters. The molecule has 2 N–H and O–H groups in total. The molecule has 0 saturated heterocycles. The molecular formula is C13H18N2O3. The van der Waals surface area contributed by atoms with Gasteiger partial charge in [-0.05, 0) is 25.5 Å². The predicted octanol–water partition coefficient (Wildman–Crippen LogP) is 1.42. The fraction of sp³-hybridized carbons (Fsp3) is 0.462. The number of hydrogen-bond donors (Lipinski definition) is 1. The van der Waals surface area contributed by atoms with E-state index in [1.165, 1.54) is 0 Å². The van der Waals surface area contributed by atoms with Crippen LogP contribution in [0.2, 0.25) is 0 Å². The SMILES string of the molecule is Cc1cc2c(cc1N(C)C(=O)CC(C)N)OCO2. The molecule has 1 heterocycles. The number of nitrogens with two attached hydrogens (primary N) is 1. The van der Waals surface area contributed by atoms with E-state index in [2.05, 4.69) is 0 Å². The van der Waals surface area contributed by atoms with Gasteiger partial charge in [0.15, 0.2) is 11.5 Å². The number of carbonyl (C=O) groups is 1. The van der Waals surface area contributed by atoms with Crippen LogP contribution in [0.1, 0.15) is 18.9 Å². The molecule has 98 valence electrons. The third-order valence-corrected chi connectivity index (χ3v) is 2.92. The Morgan fingerprint density at radius 2 is 2.06 bits per heavy atom. The summed E-state index contributed by atoms with van der Waals surface area (Å²) >= 11 is 0. The highest BCUT2D eigenvalue weighted by Crippen LogP contribution is 2.37. The van der Waals surface area contributed by atoms with Gasteiger partial charge in [-0.3, -0.25) is 4.79 Å². The molecule has 0 saturated carbocycles. The van der Waals surface area contributed by atoms with Crippen molar-refractivity contribution >= 4 is 11.6 Å². The summed E-state index contributed by atoms with van der Waals surface area (Å²) in [5, 5.41) is 0. The third kappa shape index (κ3) is 2.41. The maximum Gasteiger partial charge on any atom is 0.231 e. The first-order valence-electron chi connectivity index (χ1n) is 5.91. The molecule has 0 aromatic heterocycles. The minimum Gasteiger partial charge on any atom is -0.454 e. The van der Waals surface area contributed by atoms with Gasteiger partial charge >= 0.3 is 0 Å². The highest BCUT2D eigenvalue weighted by molar-refractivity contribution is 5.94. The Bertz CT molecular complexity index is 472. The van der Waals surface area contributed by atoms with Crippen molar-refractivity contribution < 1.29 is 14.3 Å². The van der Waals surface area contributed by atoms with Gasteiger partial charge in [0.2, 0.25) is 12.7 Å². The zero-order chi connectivity index (χ0) is 13.3. The van der Waals surface area contributed by atoms with Crippen LogP contribution in [-0.4, -0.2) is 25.8 Å². The van der Waals surface area contributed by atoms with Crippen molar-refractivity contribution in [1.82, 2.24) is 0 Å². The number of carbonyl (C=O) groups excluding carboxylic acids is 1. The maximum absolute atomic E-state index is 12.0. The Morgan fingerprint density at radius 3 is 2.67 bits per heavy atom. The van der Waals surface area contributed by atoms with Crippen molar-refractivity contribution in [3.05, 3.63) is 17.7 Å². The number of fused-ring (bicyclic) bond motifs is 1. The Labute approximate surface area is 106 Å². The Balaban J connectivity index is 2.25. The topological polar surface area (TPSA) is 64.8 Å². The summed E-state index contributed by atoms with van der Waals surface area (Å²) in [5.74, 6) is 1.40. The van der Waals surface area contributed by atoms with Crippen LogP contribution in [0.5, 0.6) is 11.5 Å². The van der Waals surface area contributed by atoms with E-state index in [1.54, 1.807) is 11.9 Å². The maximum atomic E-state index is 12.0. The van der Waals surface area contributed by atoms with E-state index in [0.29, 0.717) is 12.2 Å². The van der Waals surface area contributed by atoms with E-state index in [4.69, 9.17) is 15.2 Å². The Hall–Kier alpha value is -1.75. The highest BCUT2D eigenvalue weighted by Gasteiger charge is 2.20. The molecule has 1 unspecified atom stereocenters. The molecule has 18 heavy (non-hydrogen) atoms. The van der Waals surface area contributed by atoms with Gasteiger partial charge in [0.05, 0.1) is 5.69 Å². The molecule has 1 aromatic carbocycles. The Kier molecular flexibility index (Phi) is 3.43. The van der Waals surface area contributed by atoms with Crippen LogP contribution in [0.4, 0.5) is 5.69 Å². The minimum atomic E-state index is -0.144. The second-order valence-corrected chi connectivity index (χ2v) is 4.63. The summed E-state index contributed by atoms with van der Waals surface area (Å²) in [4.78, 5) is 13.6. The normalized spacial score (nSPS) is 14.4. The van der Waals surface area contributed by atoms with Crippen molar-refractivity contribution in [3.8, 4) is 11.5 Å². The van der Waals surface area contributed by atoms with Crippen molar-refractivity contribution in [1.29, 1.82) is 0 Å². The second kappa shape index (κ2) is 4.86. The summed E-state index contributed by atoms with van der Waals surface area (Å²) in [6.45, 7) is 3.99. The van der Waals surface area contributed by atoms with Crippen molar-refractivity contribution in [2.24, 2.45) is 5.73 Å². The van der Waals surface area contributed by atoms with E-state index in [-0.39, 0.29) is 18.7 Å². The number of ether oxygens (including phenoxy) is 2. The lowest BCUT2D eigenvalue weighted by Gasteiger charge is -2.21. The average molecular weight is 250 g/mol. The van der Waals surface area contributed by atoms with Gasteiger partial charge in [-0.2, -0.15) is 0 Å². The van der Waals surface area contributed by atoms with E-state index in [1.807, 2.05) is 26.0 Å². The monoisotopic (exact) mass is 250 g/mol. The van der Waals surface area contributed by atoms with Crippen molar-refractivity contribution in [2.45, 2.75) is 26.3 Å². The second-order valence-electron chi connectivity index (χ2n) is 4.63. The van der Waals surface area contributed by atoms with Gasteiger partial charge in [0.1, 0.15) is 0 Å². The lowest BCUT2D eigenvalue weighted by molar-refractivity contribution is -0.118. The molecule has 1 aliphatic heterocycles. The first kappa shape index (κ1) is 12.7. The number of benzene rings is 1. The number of amides is 1. The molecule has 1 aromatic rings. The highest BCUT2D eigenvalue weighted by atomic mass is 16.7. The van der Waals surface area contributed by atoms with Crippen LogP contribution in [0, 0.1) is 6.92 Å². The average Bonchev–Trinajstić information content (AvgIpc) is 2.72. The molecule has 5 heteroatoms. The van der Waals surface area contributed by atoms with Crippen LogP contribution in [0.25, 0.3) is 0 Å². The number of hydrogen-bond acceptors (Lipinski definition) is 4. The first-order valence-corrected chi connectivity index (χ1v) is 5.91.